The summed E-state index contributed by atoms with van der Waals surface area (Å²) in [6.07, 6.45) is 1.81. The van der Waals surface area contributed by atoms with Gasteiger partial charge in [0.2, 0.25) is 5.88 Å². The average molecular weight is 608 g/mol. The molecular formula is C39H37N5O2. The van der Waals surface area contributed by atoms with Crippen molar-refractivity contribution in [1.82, 2.24) is 25.0 Å². The lowest BCUT2D eigenvalue weighted by Crippen LogP contribution is -2.44. The van der Waals surface area contributed by atoms with E-state index in [1.54, 1.807) is 4.68 Å². The Morgan fingerprint density at radius 3 is 1.91 bits per heavy atom. The van der Waals surface area contributed by atoms with Gasteiger partial charge in [0, 0.05) is 38.8 Å². The highest BCUT2D eigenvalue weighted by atomic mass is 16.5. The van der Waals surface area contributed by atoms with Crippen LogP contribution in [0.2, 0.25) is 0 Å². The fraction of sp³-hybridized carbons (Fsp3) is 0.205. The fourth-order valence-corrected chi connectivity index (χ4v) is 6.12. The Labute approximate surface area is 269 Å². The zero-order valence-electron chi connectivity index (χ0n) is 26.0. The van der Waals surface area contributed by atoms with Gasteiger partial charge in [-0.05, 0) is 52.3 Å². The number of ether oxygens (including phenoxy) is 1. The van der Waals surface area contributed by atoms with Crippen LogP contribution in [-0.2, 0) is 20.2 Å². The van der Waals surface area contributed by atoms with Gasteiger partial charge in [0.15, 0.2) is 11.3 Å². The Morgan fingerprint density at radius 1 is 0.739 bits per heavy atom. The number of aromatic nitrogens is 3. The van der Waals surface area contributed by atoms with Crippen LogP contribution in [0, 0.1) is 0 Å². The number of fused-ring (bicyclic) bond motifs is 1. The molecule has 7 rings (SSSR count). The molecule has 6 aromatic rings. The van der Waals surface area contributed by atoms with Gasteiger partial charge in [-0.2, -0.15) is 10.1 Å². The van der Waals surface area contributed by atoms with Crippen molar-refractivity contribution in [2.24, 2.45) is 7.05 Å². The molecule has 1 fully saturated rings. The first-order chi connectivity index (χ1) is 22.6. The zero-order valence-corrected chi connectivity index (χ0v) is 26.0. The number of pyridine rings is 1. The number of benzene rings is 4. The van der Waals surface area contributed by atoms with Crippen molar-refractivity contribution in [2.75, 3.05) is 13.1 Å². The molecule has 0 spiro atoms. The minimum absolute atomic E-state index is 0.116. The van der Waals surface area contributed by atoms with E-state index in [1.807, 2.05) is 43.4 Å². The lowest BCUT2D eigenvalue weighted by Gasteiger charge is -2.32. The Hall–Kier alpha value is -5.27. The number of nitrogens with one attached hydrogen (secondary N) is 1. The number of amides is 1. The second-order valence-electron chi connectivity index (χ2n) is 11.9. The van der Waals surface area contributed by atoms with Crippen LogP contribution in [0.1, 0.15) is 34.5 Å². The van der Waals surface area contributed by atoms with Crippen molar-refractivity contribution in [3.63, 3.8) is 0 Å². The fourth-order valence-electron chi connectivity index (χ4n) is 6.12. The third-order valence-electron chi connectivity index (χ3n) is 8.71. The Balaban J connectivity index is 0.919. The Morgan fingerprint density at radius 2 is 1.30 bits per heavy atom. The molecule has 3 heterocycles. The highest BCUT2D eigenvalue weighted by Crippen LogP contribution is 2.24. The SMILES string of the molecule is Cn1nc(C(=O)NC2CCN(Cc3ccc(-c4ccccc4)cc3)CC2)c2ccc(OCc3ccc(-c4ccccc4)cc3)nc21. The minimum Gasteiger partial charge on any atom is -0.473 e. The number of hydrogen-bond acceptors (Lipinski definition) is 5. The summed E-state index contributed by atoms with van der Waals surface area (Å²) in [6, 6.07) is 41.7. The summed E-state index contributed by atoms with van der Waals surface area (Å²) in [4.78, 5) is 20.5. The molecule has 4 aromatic carbocycles. The Kier molecular flexibility index (Phi) is 8.57. The molecule has 0 atom stereocenters. The first-order valence-corrected chi connectivity index (χ1v) is 15.9. The lowest BCUT2D eigenvalue weighted by molar-refractivity contribution is 0.0904. The highest BCUT2D eigenvalue weighted by molar-refractivity contribution is 6.04. The maximum Gasteiger partial charge on any atom is 0.272 e. The number of piperidine rings is 1. The summed E-state index contributed by atoms with van der Waals surface area (Å²) >= 11 is 0. The monoisotopic (exact) mass is 607 g/mol. The zero-order chi connectivity index (χ0) is 31.3. The van der Waals surface area contributed by atoms with Crippen LogP contribution >= 0.6 is 0 Å². The van der Waals surface area contributed by atoms with Crippen molar-refractivity contribution >= 4 is 16.9 Å². The van der Waals surface area contributed by atoms with Gasteiger partial charge >= 0.3 is 0 Å². The Bertz CT molecular complexity index is 1910. The smallest absolute Gasteiger partial charge is 0.272 e. The van der Waals surface area contributed by atoms with Crippen LogP contribution in [0.4, 0.5) is 0 Å². The molecule has 2 aromatic heterocycles. The average Bonchev–Trinajstić information content (AvgIpc) is 3.45. The second kappa shape index (κ2) is 13.4. The van der Waals surface area contributed by atoms with E-state index < -0.39 is 0 Å². The summed E-state index contributed by atoms with van der Waals surface area (Å²) in [6.45, 7) is 3.18. The van der Waals surface area contributed by atoms with Gasteiger partial charge in [-0.15, -0.1) is 0 Å². The molecule has 1 N–H and O–H groups in total. The number of likely N-dealkylation sites (tertiary alicyclic amines) is 1. The van der Waals surface area contributed by atoms with E-state index in [4.69, 9.17) is 4.74 Å². The third kappa shape index (κ3) is 6.70. The van der Waals surface area contributed by atoms with E-state index in [9.17, 15) is 4.79 Å². The van der Waals surface area contributed by atoms with Crippen LogP contribution in [0.5, 0.6) is 5.88 Å². The van der Waals surface area contributed by atoms with Gasteiger partial charge in [-0.25, -0.2) is 4.68 Å². The number of hydrogen-bond donors (Lipinski definition) is 1. The van der Waals surface area contributed by atoms with Crippen LogP contribution in [-0.4, -0.2) is 44.7 Å². The van der Waals surface area contributed by atoms with Gasteiger partial charge in [0.1, 0.15) is 6.61 Å². The minimum atomic E-state index is -0.158. The molecule has 0 bridgehead atoms. The van der Waals surface area contributed by atoms with Crippen molar-refractivity contribution < 1.29 is 9.53 Å². The summed E-state index contributed by atoms with van der Waals surface area (Å²) in [5, 5.41) is 8.48. The van der Waals surface area contributed by atoms with Crippen LogP contribution in [0.25, 0.3) is 33.3 Å². The van der Waals surface area contributed by atoms with E-state index in [1.165, 1.54) is 27.8 Å². The molecule has 0 aliphatic carbocycles. The van der Waals surface area contributed by atoms with Crippen molar-refractivity contribution in [1.29, 1.82) is 0 Å². The maximum absolute atomic E-state index is 13.3. The van der Waals surface area contributed by atoms with Crippen molar-refractivity contribution in [3.8, 4) is 28.1 Å². The van der Waals surface area contributed by atoms with Crippen molar-refractivity contribution in [3.05, 3.63) is 138 Å². The van der Waals surface area contributed by atoms with E-state index in [2.05, 4.69) is 105 Å². The van der Waals surface area contributed by atoms with E-state index in [0.717, 1.165) is 43.4 Å². The van der Waals surface area contributed by atoms with Gasteiger partial charge in [-0.1, -0.05) is 109 Å². The van der Waals surface area contributed by atoms with E-state index in [0.29, 0.717) is 23.8 Å². The molecule has 1 amide bonds. The van der Waals surface area contributed by atoms with Crippen molar-refractivity contribution in [2.45, 2.75) is 32.0 Å². The molecular weight excluding hydrogens is 570 g/mol. The van der Waals surface area contributed by atoms with E-state index in [-0.39, 0.29) is 11.9 Å². The summed E-state index contributed by atoms with van der Waals surface area (Å²) < 4.78 is 7.66. The number of aryl methyl sites for hydroxylation is 1. The number of carbonyl (C=O) groups excluding carboxylic acids is 1. The molecule has 7 heteroatoms. The van der Waals surface area contributed by atoms with Gasteiger partial charge in [-0.3, -0.25) is 9.69 Å². The molecule has 0 unspecified atom stereocenters. The molecule has 1 saturated heterocycles. The molecule has 230 valence electrons. The quantitative estimate of drug-likeness (QED) is 0.187. The van der Waals surface area contributed by atoms with Crippen LogP contribution < -0.4 is 10.1 Å². The summed E-state index contributed by atoms with van der Waals surface area (Å²) in [5.41, 5.74) is 8.19. The number of nitrogens with zero attached hydrogens (tertiary/aromatic N) is 4. The topological polar surface area (TPSA) is 72.3 Å². The largest absolute Gasteiger partial charge is 0.473 e. The van der Waals surface area contributed by atoms with Gasteiger partial charge in [0.05, 0.1) is 5.39 Å². The van der Waals surface area contributed by atoms with Crippen LogP contribution in [0.15, 0.2) is 121 Å². The van der Waals surface area contributed by atoms with Gasteiger partial charge in [0.25, 0.3) is 5.91 Å². The predicted molar refractivity (Wildman–Crippen MR) is 182 cm³/mol. The standard InChI is InChI=1S/C39H37N5O2/c1-43-38-35(20-21-36(41-38)46-27-29-14-18-33(19-15-29)31-10-6-3-7-11-31)37(42-43)39(45)40-34-22-24-44(25-23-34)26-28-12-16-32(17-13-28)30-8-4-2-5-9-30/h2-21,34H,22-27H2,1H3,(H,40,45). The predicted octanol–water partition coefficient (Wildman–Crippen LogP) is 7.28. The van der Waals surface area contributed by atoms with Gasteiger partial charge < -0.3 is 10.1 Å². The molecule has 0 radical (unpaired) electrons. The lowest BCUT2D eigenvalue weighted by atomic mass is 10.0. The van der Waals surface area contributed by atoms with E-state index >= 15 is 0 Å². The first-order valence-electron chi connectivity index (χ1n) is 15.9. The molecule has 1 aliphatic heterocycles. The summed E-state index contributed by atoms with van der Waals surface area (Å²) in [5.74, 6) is 0.339. The first kappa shape index (κ1) is 29.4. The highest BCUT2D eigenvalue weighted by Gasteiger charge is 2.24. The normalized spacial score (nSPS) is 13.9. The third-order valence-corrected chi connectivity index (χ3v) is 8.71. The van der Waals surface area contributed by atoms with Crippen LogP contribution in [0.3, 0.4) is 0 Å². The second-order valence-corrected chi connectivity index (χ2v) is 11.9. The number of rotatable bonds is 9. The molecule has 7 nitrogen and oxygen atoms in total. The maximum atomic E-state index is 13.3. The molecule has 1 aliphatic rings. The molecule has 46 heavy (non-hydrogen) atoms. The molecule has 0 saturated carbocycles. The number of carbonyl (C=O) groups is 1. The summed E-state index contributed by atoms with van der Waals surface area (Å²) in [7, 11) is 1.81.